The van der Waals surface area contributed by atoms with Gasteiger partial charge in [0.05, 0.1) is 17.6 Å². The number of pyridine rings is 1. The van der Waals surface area contributed by atoms with Crippen molar-refractivity contribution in [3.05, 3.63) is 137 Å². The minimum atomic E-state index is -0.393. The Hall–Kier alpha value is -4.51. The van der Waals surface area contributed by atoms with Crippen LogP contribution in [0.2, 0.25) is 0 Å². The van der Waals surface area contributed by atoms with Crippen molar-refractivity contribution in [2.24, 2.45) is 0 Å². The van der Waals surface area contributed by atoms with E-state index in [1.165, 1.54) is 6.26 Å². The smallest absolute Gasteiger partial charge is 0.261 e. The molecule has 0 fully saturated rings. The summed E-state index contributed by atoms with van der Waals surface area (Å²) in [5, 5.41) is 0.386. The van der Waals surface area contributed by atoms with Crippen LogP contribution in [0.4, 0.5) is 0 Å². The van der Waals surface area contributed by atoms with Crippen molar-refractivity contribution in [2.45, 2.75) is 13.1 Å². The summed E-state index contributed by atoms with van der Waals surface area (Å²) in [5.41, 5.74) is 3.98. The minimum absolute atomic E-state index is 0.00819. The first-order valence-electron chi connectivity index (χ1n) is 11.0. The molecule has 1 amide bonds. The Morgan fingerprint density at radius 2 is 1.56 bits per heavy atom. The van der Waals surface area contributed by atoms with Gasteiger partial charge in [0.1, 0.15) is 17.4 Å². The predicted molar refractivity (Wildman–Crippen MR) is 132 cm³/mol. The van der Waals surface area contributed by atoms with E-state index in [-0.39, 0.29) is 17.5 Å². The number of carbonyl (C=O) groups excluding carboxylic acids is 1. The summed E-state index contributed by atoms with van der Waals surface area (Å²) in [5.74, 6) is -0.393. The van der Waals surface area contributed by atoms with E-state index >= 15 is 0 Å². The number of hydrogen-bond donors (Lipinski definition) is 0. The maximum absolute atomic E-state index is 13.6. The molecule has 0 radical (unpaired) electrons. The number of rotatable bonds is 6. The zero-order chi connectivity index (χ0) is 23.3. The predicted octanol–water partition coefficient (Wildman–Crippen LogP) is 5.70. The summed E-state index contributed by atoms with van der Waals surface area (Å²) in [6.07, 6.45) is 2.96. The molecule has 2 aromatic heterocycles. The second-order valence-corrected chi connectivity index (χ2v) is 8.02. The van der Waals surface area contributed by atoms with E-state index in [9.17, 15) is 9.59 Å². The zero-order valence-corrected chi connectivity index (χ0v) is 18.4. The Labute approximate surface area is 196 Å². The lowest BCUT2D eigenvalue weighted by atomic mass is 10.0. The molecule has 5 heteroatoms. The molecule has 0 unspecified atom stereocenters. The summed E-state index contributed by atoms with van der Waals surface area (Å²) in [6, 6.07) is 30.7. The van der Waals surface area contributed by atoms with Crippen molar-refractivity contribution < 1.29 is 9.21 Å². The molecule has 3 aromatic carbocycles. The van der Waals surface area contributed by atoms with E-state index in [1.807, 2.05) is 54.6 Å². The van der Waals surface area contributed by atoms with Gasteiger partial charge in [-0.3, -0.25) is 14.6 Å². The number of hydrogen-bond acceptors (Lipinski definition) is 4. The molecule has 0 atom stereocenters. The highest BCUT2D eigenvalue weighted by molar-refractivity contribution is 5.96. The fraction of sp³-hybridized carbons (Fsp3) is 0.0690. The third-order valence-electron chi connectivity index (χ3n) is 5.68. The Bertz CT molecular complexity index is 1490. The van der Waals surface area contributed by atoms with E-state index in [0.717, 1.165) is 22.4 Å². The normalized spacial score (nSPS) is 10.8. The maximum atomic E-state index is 13.6. The molecule has 0 spiro atoms. The number of nitrogens with zero attached hydrogens (tertiary/aromatic N) is 2. The second-order valence-electron chi connectivity index (χ2n) is 8.02. The number of aromatic nitrogens is 1. The Morgan fingerprint density at radius 1 is 0.794 bits per heavy atom. The van der Waals surface area contributed by atoms with Crippen LogP contribution in [-0.4, -0.2) is 15.8 Å². The van der Waals surface area contributed by atoms with Gasteiger partial charge in [0.15, 0.2) is 0 Å². The first-order chi connectivity index (χ1) is 16.7. The molecule has 0 N–H and O–H groups in total. The molecule has 0 aliphatic rings. The summed E-state index contributed by atoms with van der Waals surface area (Å²) in [6.45, 7) is 0.587. The molecule has 0 aliphatic carbocycles. The fourth-order valence-corrected chi connectivity index (χ4v) is 3.98. The van der Waals surface area contributed by atoms with Crippen LogP contribution in [0.25, 0.3) is 22.1 Å². The first kappa shape index (κ1) is 21.3. The summed E-state index contributed by atoms with van der Waals surface area (Å²) >= 11 is 0. The Morgan fingerprint density at radius 3 is 2.38 bits per heavy atom. The van der Waals surface area contributed by atoms with Crippen LogP contribution in [0, 0.1) is 0 Å². The number of carbonyl (C=O) groups is 1. The zero-order valence-electron chi connectivity index (χ0n) is 18.4. The van der Waals surface area contributed by atoms with E-state index < -0.39 is 5.91 Å². The van der Waals surface area contributed by atoms with Crippen LogP contribution in [-0.2, 0) is 13.1 Å². The lowest BCUT2D eigenvalue weighted by Crippen LogP contribution is -2.33. The lowest BCUT2D eigenvalue weighted by molar-refractivity contribution is 0.0724. The van der Waals surface area contributed by atoms with Crippen LogP contribution >= 0.6 is 0 Å². The lowest BCUT2D eigenvalue weighted by Gasteiger charge is -2.23. The van der Waals surface area contributed by atoms with Gasteiger partial charge in [0.2, 0.25) is 5.43 Å². The van der Waals surface area contributed by atoms with Crippen molar-refractivity contribution in [2.75, 3.05) is 0 Å². The molecule has 5 nitrogen and oxygen atoms in total. The fourth-order valence-electron chi connectivity index (χ4n) is 3.98. The van der Waals surface area contributed by atoms with Crippen molar-refractivity contribution in [1.29, 1.82) is 0 Å². The quantitative estimate of drug-likeness (QED) is 0.336. The average Bonchev–Trinajstić information content (AvgIpc) is 2.90. The molecule has 2 heterocycles. The molecule has 0 saturated carbocycles. The van der Waals surface area contributed by atoms with Crippen molar-refractivity contribution in [3.8, 4) is 11.1 Å². The number of fused-ring (bicyclic) bond motifs is 1. The standard InChI is InChI=1S/C29H22N2O3/c32-28-25-14-4-5-15-27(25)34-20-26(28)29(33)31(19-24-13-6-7-16-30-24)18-21-9-8-12-23(17-21)22-10-2-1-3-11-22/h1-17,20H,18-19H2. The van der Waals surface area contributed by atoms with Crippen LogP contribution in [0.5, 0.6) is 0 Å². The SMILES string of the molecule is O=C(c1coc2ccccc2c1=O)N(Cc1cccc(-c2ccccc2)c1)Cc1ccccn1. The van der Waals surface area contributed by atoms with E-state index in [0.29, 0.717) is 17.5 Å². The molecule has 5 aromatic rings. The second kappa shape index (κ2) is 9.55. The summed E-state index contributed by atoms with van der Waals surface area (Å²) < 4.78 is 5.61. The maximum Gasteiger partial charge on any atom is 0.261 e. The molecule has 0 saturated heterocycles. The van der Waals surface area contributed by atoms with Gasteiger partial charge >= 0.3 is 0 Å². The van der Waals surface area contributed by atoms with Gasteiger partial charge in [0, 0.05) is 12.7 Å². The molecular weight excluding hydrogens is 424 g/mol. The van der Waals surface area contributed by atoms with E-state index in [2.05, 4.69) is 23.2 Å². The molecule has 0 bridgehead atoms. The highest BCUT2D eigenvalue weighted by Gasteiger charge is 2.22. The molecule has 34 heavy (non-hydrogen) atoms. The molecule has 5 rings (SSSR count). The van der Waals surface area contributed by atoms with Gasteiger partial charge in [-0.25, -0.2) is 0 Å². The summed E-state index contributed by atoms with van der Waals surface area (Å²) in [7, 11) is 0. The highest BCUT2D eigenvalue weighted by Crippen LogP contribution is 2.22. The summed E-state index contributed by atoms with van der Waals surface area (Å²) in [4.78, 5) is 32.7. The van der Waals surface area contributed by atoms with Gasteiger partial charge in [0.25, 0.3) is 5.91 Å². The van der Waals surface area contributed by atoms with Crippen LogP contribution in [0.1, 0.15) is 21.6 Å². The third-order valence-corrected chi connectivity index (χ3v) is 5.68. The number of para-hydroxylation sites is 1. The van der Waals surface area contributed by atoms with E-state index in [1.54, 1.807) is 35.4 Å². The number of benzene rings is 3. The molecule has 0 aliphatic heterocycles. The van der Waals surface area contributed by atoms with Crippen molar-refractivity contribution in [3.63, 3.8) is 0 Å². The Balaban J connectivity index is 1.51. The van der Waals surface area contributed by atoms with E-state index in [4.69, 9.17) is 4.42 Å². The molecule has 166 valence electrons. The first-order valence-corrected chi connectivity index (χ1v) is 11.0. The van der Waals surface area contributed by atoms with Gasteiger partial charge in [-0.2, -0.15) is 0 Å². The van der Waals surface area contributed by atoms with Crippen LogP contribution in [0.3, 0.4) is 0 Å². The number of amides is 1. The average molecular weight is 447 g/mol. The highest BCUT2D eigenvalue weighted by atomic mass is 16.3. The monoisotopic (exact) mass is 446 g/mol. The van der Waals surface area contributed by atoms with Crippen LogP contribution < -0.4 is 5.43 Å². The minimum Gasteiger partial charge on any atom is -0.463 e. The van der Waals surface area contributed by atoms with Gasteiger partial charge in [-0.15, -0.1) is 0 Å². The van der Waals surface area contributed by atoms with Gasteiger partial charge in [-0.05, 0) is 47.0 Å². The third kappa shape index (κ3) is 4.50. The van der Waals surface area contributed by atoms with Crippen molar-refractivity contribution >= 4 is 16.9 Å². The largest absolute Gasteiger partial charge is 0.463 e. The van der Waals surface area contributed by atoms with Crippen LogP contribution in [0.15, 0.2) is 119 Å². The van der Waals surface area contributed by atoms with Gasteiger partial charge in [-0.1, -0.05) is 66.7 Å². The van der Waals surface area contributed by atoms with Gasteiger partial charge < -0.3 is 9.32 Å². The Kier molecular flexibility index (Phi) is 5.99. The molecular formula is C29H22N2O3. The van der Waals surface area contributed by atoms with Crippen molar-refractivity contribution in [1.82, 2.24) is 9.88 Å². The topological polar surface area (TPSA) is 63.4 Å².